The molecule has 0 fully saturated rings. The molecule has 0 saturated heterocycles. The van der Waals surface area contributed by atoms with Gasteiger partial charge in [0.25, 0.3) is 5.91 Å². The van der Waals surface area contributed by atoms with Crippen LogP contribution in [0.3, 0.4) is 0 Å². The van der Waals surface area contributed by atoms with E-state index in [1.165, 1.54) is 17.0 Å². The fraction of sp³-hybridized carbons (Fsp3) is 0.176. The second-order valence-corrected chi connectivity index (χ2v) is 6.80. The van der Waals surface area contributed by atoms with Crippen LogP contribution in [0.25, 0.3) is 0 Å². The summed E-state index contributed by atoms with van der Waals surface area (Å²) in [6.45, 7) is 0.0542. The van der Waals surface area contributed by atoms with Gasteiger partial charge in [0.1, 0.15) is 5.75 Å². The van der Waals surface area contributed by atoms with E-state index in [1.54, 1.807) is 18.2 Å². The molecule has 0 aliphatic carbocycles. The molecule has 2 aromatic carbocycles. The molecule has 8 nitrogen and oxygen atoms in total. The number of hydrogen-bond donors (Lipinski definition) is 4. The molecule has 3 rings (SSSR count). The predicted molar refractivity (Wildman–Crippen MR) is 114 cm³/mol. The molecular formula is C17H14NNaO7S4. The molecule has 2 aromatic rings. The number of rotatable bonds is 6. The average molecular weight is 496 g/mol. The molecule has 0 bridgehead atoms. The second kappa shape index (κ2) is 11.0. The molecule has 1 atom stereocenters. The van der Waals surface area contributed by atoms with E-state index in [2.05, 4.69) is 51.6 Å². The Bertz CT molecular complexity index is 937. The summed E-state index contributed by atoms with van der Waals surface area (Å²) in [5, 5.41) is 11.8. The molecule has 13 heteroatoms. The average Bonchev–Trinajstić information content (AvgIpc) is 2.75. The fourth-order valence-corrected chi connectivity index (χ4v) is 3.70. The van der Waals surface area contributed by atoms with E-state index in [-0.39, 0.29) is 65.3 Å². The maximum absolute atomic E-state index is 13.2. The third kappa shape index (κ3) is 5.06. The van der Waals surface area contributed by atoms with Crippen molar-refractivity contribution in [1.29, 1.82) is 0 Å². The summed E-state index contributed by atoms with van der Waals surface area (Å²) in [7, 11) is 0. The molecular weight excluding hydrogens is 481 g/mol. The summed E-state index contributed by atoms with van der Waals surface area (Å²) in [5.74, 6) is -1.37. The first-order valence-corrected chi connectivity index (χ1v) is 9.46. The molecule has 30 heavy (non-hydrogen) atoms. The van der Waals surface area contributed by atoms with Gasteiger partial charge in [0.15, 0.2) is 11.5 Å². The maximum atomic E-state index is 13.2. The molecule has 0 aromatic heterocycles. The monoisotopic (exact) mass is 495 g/mol. The number of carbonyl (C=O) groups is 2. The first-order valence-electron chi connectivity index (χ1n) is 8.00. The fourth-order valence-electron chi connectivity index (χ4n) is 3.13. The van der Waals surface area contributed by atoms with Crippen molar-refractivity contribution in [2.75, 3.05) is 0 Å². The molecule has 1 amide bonds. The Hall–Kier alpha value is -1.02. The van der Waals surface area contributed by atoms with E-state index in [0.717, 1.165) is 11.1 Å². The predicted octanol–water partition coefficient (Wildman–Crippen LogP) is -1.10. The number of nitrogens with zero attached hydrogens (tertiary/aromatic N) is 1. The van der Waals surface area contributed by atoms with Gasteiger partial charge in [-0.15, -0.1) is 0 Å². The number of aliphatic carboxylic acids is 1. The molecule has 0 radical (unpaired) electrons. The molecule has 1 unspecified atom stereocenters. The van der Waals surface area contributed by atoms with Gasteiger partial charge >= 0.3 is 29.6 Å². The van der Waals surface area contributed by atoms with Crippen LogP contribution in [0.2, 0.25) is 0 Å². The Balaban J connectivity index is 0.00000320. The van der Waals surface area contributed by atoms with Gasteiger partial charge in [0, 0.05) is 63.7 Å². The molecule has 0 N–H and O–H groups in total. The van der Waals surface area contributed by atoms with Crippen molar-refractivity contribution in [1.82, 2.24) is 4.90 Å². The van der Waals surface area contributed by atoms with Crippen molar-refractivity contribution in [3.63, 3.8) is 0 Å². The Morgan fingerprint density at radius 3 is 2.07 bits per heavy atom. The molecule has 1 aliphatic rings. The van der Waals surface area contributed by atoms with E-state index >= 15 is 0 Å². The molecule has 0 spiro atoms. The van der Waals surface area contributed by atoms with Crippen LogP contribution in [0.4, 0.5) is 0 Å². The van der Waals surface area contributed by atoms with Gasteiger partial charge in [0.05, 0.1) is 12.0 Å². The summed E-state index contributed by atoms with van der Waals surface area (Å²) in [4.78, 5) is 26.1. The third-order valence-electron chi connectivity index (χ3n) is 4.50. The van der Waals surface area contributed by atoms with E-state index in [9.17, 15) is 14.7 Å². The zero-order valence-electron chi connectivity index (χ0n) is 15.5. The minimum absolute atomic E-state index is 0. The quantitative estimate of drug-likeness (QED) is 0.230. The van der Waals surface area contributed by atoms with Crippen LogP contribution >= 0.6 is 51.6 Å². The first-order chi connectivity index (χ1) is 13.9. The van der Waals surface area contributed by atoms with Crippen molar-refractivity contribution in [2.24, 2.45) is 0 Å². The van der Waals surface area contributed by atoms with Crippen molar-refractivity contribution < 1.29 is 61.0 Å². The van der Waals surface area contributed by atoms with Crippen LogP contribution in [0.15, 0.2) is 30.3 Å². The van der Waals surface area contributed by atoms with E-state index in [0.29, 0.717) is 5.75 Å². The number of fused-ring (bicyclic) bond motifs is 1. The number of benzene rings is 2. The number of hydrogen-bond acceptors (Lipinski definition) is 11. The number of amides is 1. The Morgan fingerprint density at radius 2 is 1.57 bits per heavy atom. The van der Waals surface area contributed by atoms with Crippen LogP contribution in [0, 0.1) is 0 Å². The topological polar surface area (TPSA) is 97.4 Å². The third-order valence-corrected chi connectivity index (χ3v) is 5.29. The minimum Gasteiger partial charge on any atom is -0.548 e. The zero-order valence-corrected chi connectivity index (χ0v) is 21.0. The van der Waals surface area contributed by atoms with Gasteiger partial charge in [-0.05, 0) is 41.8 Å². The summed E-state index contributed by atoms with van der Waals surface area (Å²) in [5.41, 5.74) is 1.58. The zero-order chi connectivity index (χ0) is 21.1. The first kappa shape index (κ1) is 25.2. The number of carboxylic acid groups (broad SMARTS) is 1. The smallest absolute Gasteiger partial charge is 0.548 e. The van der Waals surface area contributed by atoms with Crippen molar-refractivity contribution in [2.45, 2.75) is 19.0 Å². The van der Waals surface area contributed by atoms with Crippen LogP contribution in [0.1, 0.15) is 21.5 Å². The number of carbonyl (C=O) groups excluding carboxylic acids is 2. The van der Waals surface area contributed by atoms with Gasteiger partial charge in [-0.2, -0.15) is 0 Å². The van der Waals surface area contributed by atoms with Gasteiger partial charge in [-0.1, -0.05) is 6.07 Å². The van der Waals surface area contributed by atoms with Crippen LogP contribution in [0.5, 0.6) is 23.0 Å². The molecule has 1 heterocycles. The van der Waals surface area contributed by atoms with Gasteiger partial charge in [0.2, 0.25) is 5.75 Å². The Kier molecular flexibility index (Phi) is 9.28. The summed E-state index contributed by atoms with van der Waals surface area (Å²) < 4.78 is 19.5. The second-order valence-electron chi connectivity index (χ2n) is 6.07. The van der Waals surface area contributed by atoms with Crippen LogP contribution < -0.4 is 51.4 Å². The number of carboxylic acids is 1. The summed E-state index contributed by atoms with van der Waals surface area (Å²) >= 11 is 14.9. The van der Waals surface area contributed by atoms with Gasteiger partial charge in [-0.3, -0.25) is 4.79 Å². The van der Waals surface area contributed by atoms with Crippen LogP contribution in [-0.4, -0.2) is 22.8 Å². The van der Waals surface area contributed by atoms with Crippen molar-refractivity contribution >= 4 is 63.5 Å². The molecule has 1 aliphatic heterocycles. The summed E-state index contributed by atoms with van der Waals surface area (Å²) in [6, 6.07) is 6.57. The van der Waals surface area contributed by atoms with Crippen LogP contribution in [-0.2, 0) is 17.8 Å². The number of thiol groups is 4. The Labute approximate surface area is 217 Å². The standard InChI is InChI=1S/C17H15NO7S4.Na/c19-16(10-5-13(23-27)15(25-29)14(6-10)24-28)18-7-8-1-2-11(22-26)3-9(8)4-12(18)17(20)21;/h1-3,5-6,12,26-29H,4,7H2,(H,20,21);/q;+1/p-1. The molecule has 154 valence electrons. The summed E-state index contributed by atoms with van der Waals surface area (Å²) in [6.07, 6.45) is 0.0536. The normalized spacial score (nSPS) is 14.8. The van der Waals surface area contributed by atoms with E-state index in [1.807, 2.05) is 0 Å². The minimum atomic E-state index is -1.38. The Morgan fingerprint density at radius 1 is 0.933 bits per heavy atom. The van der Waals surface area contributed by atoms with E-state index < -0.39 is 17.9 Å². The SMILES string of the molecule is O=C([O-])C1Cc2cc(OS)ccc2CN1C(=O)c1cc(OS)c(OS)c(OS)c1.[Na+]. The maximum Gasteiger partial charge on any atom is 1.00 e. The van der Waals surface area contributed by atoms with E-state index in [4.69, 9.17) is 16.7 Å². The van der Waals surface area contributed by atoms with Gasteiger partial charge < -0.3 is 31.5 Å². The largest absolute Gasteiger partial charge is 1.00 e. The van der Waals surface area contributed by atoms with Crippen molar-refractivity contribution in [3.8, 4) is 23.0 Å². The van der Waals surface area contributed by atoms with Gasteiger partial charge in [-0.25, -0.2) is 0 Å². The van der Waals surface area contributed by atoms with Crippen molar-refractivity contribution in [3.05, 3.63) is 47.0 Å². The molecule has 0 saturated carbocycles.